The molecular weight excluding hydrogens is 502 g/mol. The molecule has 0 aromatic carbocycles. The zero-order valence-electron chi connectivity index (χ0n) is 28.6. The van der Waals surface area contributed by atoms with Crippen LogP contribution in [0.15, 0.2) is 0 Å². The van der Waals surface area contributed by atoms with Crippen LogP contribution >= 0.6 is 0 Å². The van der Waals surface area contributed by atoms with E-state index in [0.717, 1.165) is 25.7 Å². The molecule has 3 nitrogen and oxygen atoms in total. The van der Waals surface area contributed by atoms with Crippen LogP contribution in [0.5, 0.6) is 0 Å². The Morgan fingerprint density at radius 2 is 0.610 bits per heavy atom. The molecule has 3 heteroatoms. The Morgan fingerprint density at radius 3 is 0.878 bits per heavy atom. The van der Waals surface area contributed by atoms with Crippen molar-refractivity contribution < 1.29 is 9.59 Å². The third kappa shape index (κ3) is 30.4. The van der Waals surface area contributed by atoms with Gasteiger partial charge < -0.3 is 0 Å². The smallest absolute Gasteiger partial charge is 0.229 e. The Morgan fingerprint density at radius 1 is 0.366 bits per heavy atom. The third-order valence-corrected chi connectivity index (χ3v) is 8.91. The molecule has 0 saturated heterocycles. The summed E-state index contributed by atoms with van der Waals surface area (Å²) in [6, 6.07) is 0. The number of amides is 2. The Labute approximate surface area is 258 Å². The fourth-order valence-corrected chi connectivity index (χ4v) is 6.06. The predicted octanol–water partition coefficient (Wildman–Crippen LogP) is 12.9. The molecule has 0 aromatic rings. The molecule has 0 aliphatic heterocycles. The van der Waals surface area contributed by atoms with Crippen LogP contribution in [0.2, 0.25) is 0 Å². The summed E-state index contributed by atoms with van der Waals surface area (Å²) >= 11 is 0. The first-order valence-corrected chi connectivity index (χ1v) is 18.9. The van der Waals surface area contributed by atoms with Gasteiger partial charge in [-0.2, -0.15) is 0 Å². The molecule has 0 aliphatic rings. The van der Waals surface area contributed by atoms with Crippen molar-refractivity contribution in [3.05, 3.63) is 0 Å². The lowest BCUT2D eigenvalue weighted by Gasteiger charge is -2.19. The van der Waals surface area contributed by atoms with Crippen molar-refractivity contribution in [3.63, 3.8) is 0 Å². The lowest BCUT2D eigenvalue weighted by molar-refractivity contribution is -0.143. The summed E-state index contributed by atoms with van der Waals surface area (Å²) in [6.45, 7) is 6.74. The first-order chi connectivity index (χ1) is 20.1. The molecule has 0 saturated carbocycles. The maximum Gasteiger partial charge on any atom is 0.229 e. The van der Waals surface area contributed by atoms with Crippen molar-refractivity contribution in [3.8, 4) is 0 Å². The van der Waals surface area contributed by atoms with Crippen molar-refractivity contribution in [2.45, 2.75) is 226 Å². The number of carbonyl (C=O) groups is 2. The fraction of sp³-hybridized carbons (Fsp3) is 0.947. The van der Waals surface area contributed by atoms with Crippen LogP contribution in [-0.4, -0.2) is 23.3 Å². The van der Waals surface area contributed by atoms with E-state index in [4.69, 9.17) is 0 Å². The molecule has 0 aromatic heterocycles. The standard InChI is InChI=1S/C38H75NO2/c1-4-6-8-10-12-14-16-18-20-22-24-26-28-30-32-34-36-39(37(3)40)38(41)35-33-31-29-27-25-23-21-19-17-15-13-11-9-7-5-2/h4-36H2,1-3H3. The Bertz CT molecular complexity index is 546. The zero-order chi connectivity index (χ0) is 30.1. The summed E-state index contributed by atoms with van der Waals surface area (Å²) in [5.74, 6) is -0.0231. The van der Waals surface area contributed by atoms with Gasteiger partial charge in [-0.25, -0.2) is 0 Å². The highest BCUT2D eigenvalue weighted by Crippen LogP contribution is 2.16. The summed E-state index contributed by atoms with van der Waals surface area (Å²) in [6.07, 6.45) is 41.9. The van der Waals surface area contributed by atoms with E-state index in [2.05, 4.69) is 13.8 Å². The zero-order valence-corrected chi connectivity index (χ0v) is 28.6. The van der Waals surface area contributed by atoms with Crippen molar-refractivity contribution in [2.24, 2.45) is 0 Å². The van der Waals surface area contributed by atoms with E-state index in [9.17, 15) is 9.59 Å². The molecule has 0 N–H and O–H groups in total. The van der Waals surface area contributed by atoms with E-state index < -0.39 is 0 Å². The third-order valence-electron chi connectivity index (χ3n) is 8.91. The fourth-order valence-electron chi connectivity index (χ4n) is 6.06. The minimum atomic E-state index is -0.0723. The average molecular weight is 578 g/mol. The monoisotopic (exact) mass is 578 g/mol. The van der Waals surface area contributed by atoms with Crippen molar-refractivity contribution in [1.29, 1.82) is 0 Å². The summed E-state index contributed by atoms with van der Waals surface area (Å²) in [4.78, 5) is 26.2. The Kier molecular flexibility index (Phi) is 32.9. The molecule has 41 heavy (non-hydrogen) atoms. The summed E-state index contributed by atoms with van der Waals surface area (Å²) < 4.78 is 0. The molecule has 0 radical (unpaired) electrons. The molecular formula is C38H75NO2. The van der Waals surface area contributed by atoms with Gasteiger partial charge in [0.15, 0.2) is 0 Å². The first-order valence-electron chi connectivity index (χ1n) is 18.9. The average Bonchev–Trinajstić information content (AvgIpc) is 2.96. The lowest BCUT2D eigenvalue weighted by Crippen LogP contribution is -2.35. The molecule has 0 heterocycles. The lowest BCUT2D eigenvalue weighted by atomic mass is 10.0. The van der Waals surface area contributed by atoms with Gasteiger partial charge in [0.2, 0.25) is 11.8 Å². The molecule has 0 aliphatic carbocycles. The Balaban J connectivity index is 3.51. The Hall–Kier alpha value is -0.860. The summed E-state index contributed by atoms with van der Waals surface area (Å²) in [5.41, 5.74) is 0. The second-order valence-electron chi connectivity index (χ2n) is 13.1. The molecule has 244 valence electrons. The topological polar surface area (TPSA) is 37.4 Å². The van der Waals surface area contributed by atoms with Crippen molar-refractivity contribution in [2.75, 3.05) is 6.54 Å². The van der Waals surface area contributed by atoms with Crippen LogP contribution in [0.4, 0.5) is 0 Å². The van der Waals surface area contributed by atoms with Crippen LogP contribution in [0, 0.1) is 0 Å². The molecule has 0 unspecified atom stereocenters. The molecule has 0 rings (SSSR count). The number of rotatable bonds is 33. The van der Waals surface area contributed by atoms with Crippen LogP contribution in [0.1, 0.15) is 226 Å². The molecule has 0 atom stereocenters. The van der Waals surface area contributed by atoms with Gasteiger partial charge in [0, 0.05) is 19.9 Å². The van der Waals surface area contributed by atoms with Crippen LogP contribution in [-0.2, 0) is 9.59 Å². The number of hydrogen-bond donors (Lipinski definition) is 0. The van der Waals surface area contributed by atoms with Gasteiger partial charge in [-0.15, -0.1) is 0 Å². The number of hydrogen-bond acceptors (Lipinski definition) is 2. The maximum atomic E-state index is 12.6. The largest absolute Gasteiger partial charge is 0.283 e. The minimum absolute atomic E-state index is 0.0492. The SMILES string of the molecule is CCCCCCCCCCCCCCCCCCN(C(C)=O)C(=O)CCCCCCCCCCCCCCCCC. The van der Waals surface area contributed by atoms with Crippen molar-refractivity contribution >= 4 is 11.8 Å². The number of carbonyl (C=O) groups excluding carboxylic acids is 2. The number of nitrogens with zero attached hydrogens (tertiary/aromatic N) is 1. The quantitative estimate of drug-likeness (QED) is 0.0727. The van der Waals surface area contributed by atoms with E-state index >= 15 is 0 Å². The molecule has 0 fully saturated rings. The van der Waals surface area contributed by atoms with Gasteiger partial charge in [0.1, 0.15) is 0 Å². The first kappa shape index (κ1) is 40.1. The summed E-state index contributed by atoms with van der Waals surface area (Å²) in [7, 11) is 0. The van der Waals surface area contributed by atoms with Gasteiger partial charge in [0.25, 0.3) is 0 Å². The highest BCUT2D eigenvalue weighted by Gasteiger charge is 2.16. The maximum absolute atomic E-state index is 12.6. The second-order valence-corrected chi connectivity index (χ2v) is 13.1. The van der Waals surface area contributed by atoms with Gasteiger partial charge in [-0.05, 0) is 12.8 Å². The van der Waals surface area contributed by atoms with Gasteiger partial charge >= 0.3 is 0 Å². The van der Waals surface area contributed by atoms with Gasteiger partial charge in [-0.3, -0.25) is 14.5 Å². The predicted molar refractivity (Wildman–Crippen MR) is 181 cm³/mol. The van der Waals surface area contributed by atoms with E-state index in [0.29, 0.717) is 13.0 Å². The molecule has 0 spiro atoms. The highest BCUT2D eigenvalue weighted by atomic mass is 16.2. The summed E-state index contributed by atoms with van der Waals surface area (Å²) in [5, 5.41) is 0. The normalized spacial score (nSPS) is 11.3. The highest BCUT2D eigenvalue weighted by molar-refractivity contribution is 5.94. The minimum Gasteiger partial charge on any atom is -0.283 e. The van der Waals surface area contributed by atoms with Crippen LogP contribution < -0.4 is 0 Å². The van der Waals surface area contributed by atoms with E-state index in [1.807, 2.05) is 0 Å². The number of unbranched alkanes of at least 4 members (excludes halogenated alkanes) is 29. The van der Waals surface area contributed by atoms with E-state index in [1.54, 1.807) is 6.92 Å². The molecule has 2 amide bonds. The van der Waals surface area contributed by atoms with E-state index in [-0.39, 0.29) is 11.8 Å². The van der Waals surface area contributed by atoms with Gasteiger partial charge in [0.05, 0.1) is 0 Å². The van der Waals surface area contributed by atoms with Crippen LogP contribution in [0.25, 0.3) is 0 Å². The second kappa shape index (κ2) is 33.6. The van der Waals surface area contributed by atoms with E-state index in [1.165, 1.54) is 178 Å². The van der Waals surface area contributed by atoms with Crippen molar-refractivity contribution in [1.82, 2.24) is 4.90 Å². The number of imide groups is 1. The van der Waals surface area contributed by atoms with Gasteiger partial charge in [-0.1, -0.05) is 200 Å². The van der Waals surface area contributed by atoms with Crippen LogP contribution in [0.3, 0.4) is 0 Å². The molecule has 0 bridgehead atoms.